The minimum Gasteiger partial charge on any atom is -0.494 e. The van der Waals surface area contributed by atoms with Crippen LogP contribution in [0.15, 0.2) is 23.7 Å². The van der Waals surface area contributed by atoms with Crippen molar-refractivity contribution in [1.82, 2.24) is 0 Å². The largest absolute Gasteiger partial charge is 0.494 e. The van der Waals surface area contributed by atoms with Crippen LogP contribution in [0.25, 0.3) is 0 Å². The molecule has 0 aromatic heterocycles. The minimum absolute atomic E-state index is 0.193. The summed E-state index contributed by atoms with van der Waals surface area (Å²) in [5, 5.41) is 0. The van der Waals surface area contributed by atoms with Crippen LogP contribution in [0.1, 0.15) is 64.7 Å². The van der Waals surface area contributed by atoms with Crippen molar-refractivity contribution >= 4 is 22.6 Å². The molecule has 0 aromatic rings. The van der Waals surface area contributed by atoms with Gasteiger partial charge in [0.25, 0.3) is 0 Å². The third-order valence-corrected chi connectivity index (χ3v) is 5.44. The van der Waals surface area contributed by atoms with Crippen LogP contribution in [0, 0.1) is 11.8 Å². The second-order valence-electron chi connectivity index (χ2n) is 6.74. The van der Waals surface area contributed by atoms with Gasteiger partial charge < -0.3 is 4.74 Å². The number of hydrogen-bond donors (Lipinski definition) is 0. The van der Waals surface area contributed by atoms with E-state index in [9.17, 15) is 8.78 Å². The first-order valence-electron chi connectivity index (χ1n) is 8.58. The summed E-state index contributed by atoms with van der Waals surface area (Å²) < 4.78 is 31.0. The van der Waals surface area contributed by atoms with Crippen LogP contribution in [0.5, 0.6) is 0 Å². The number of hydrogen-bond acceptors (Lipinski definition) is 1. The summed E-state index contributed by atoms with van der Waals surface area (Å²) >= 11 is 1.62. The molecule has 0 aliphatic heterocycles. The maximum atomic E-state index is 13.8. The van der Waals surface area contributed by atoms with Crippen molar-refractivity contribution < 1.29 is 13.5 Å². The van der Waals surface area contributed by atoms with Gasteiger partial charge in [-0.1, -0.05) is 45.4 Å². The van der Waals surface area contributed by atoms with Crippen LogP contribution in [0.3, 0.4) is 0 Å². The van der Waals surface area contributed by atoms with Crippen molar-refractivity contribution in [3.8, 4) is 0 Å². The van der Waals surface area contributed by atoms with Crippen molar-refractivity contribution in [2.75, 3.05) is 6.61 Å². The highest BCUT2D eigenvalue weighted by molar-refractivity contribution is 14.1. The molecule has 22 heavy (non-hydrogen) atoms. The lowest BCUT2D eigenvalue weighted by Gasteiger charge is -2.28. The van der Waals surface area contributed by atoms with Crippen molar-refractivity contribution in [2.45, 2.75) is 68.4 Å². The molecule has 0 bridgehead atoms. The first-order valence-corrected chi connectivity index (χ1v) is 9.66. The summed E-state index contributed by atoms with van der Waals surface area (Å²) in [7, 11) is 0. The molecule has 0 aromatic carbocycles. The van der Waals surface area contributed by atoms with Gasteiger partial charge in [-0.15, -0.1) is 0 Å². The van der Waals surface area contributed by atoms with Crippen molar-refractivity contribution in [3.63, 3.8) is 0 Å². The molecule has 0 radical (unpaired) electrons. The summed E-state index contributed by atoms with van der Waals surface area (Å²) in [4.78, 5) is 0. The maximum absolute atomic E-state index is 13.8. The summed E-state index contributed by atoms with van der Waals surface area (Å²) in [5.41, 5.74) is 0. The highest BCUT2D eigenvalue weighted by atomic mass is 127. The van der Waals surface area contributed by atoms with Crippen LogP contribution >= 0.6 is 22.6 Å². The Labute approximate surface area is 146 Å². The van der Waals surface area contributed by atoms with Gasteiger partial charge in [0, 0.05) is 18.6 Å². The lowest BCUT2D eigenvalue weighted by molar-refractivity contribution is 0.186. The molecule has 4 heteroatoms. The van der Waals surface area contributed by atoms with Gasteiger partial charge in [0.05, 0.1) is 6.61 Å². The molecular formula is C18H27F2IO. The van der Waals surface area contributed by atoms with E-state index in [1.165, 1.54) is 57.1 Å². The third-order valence-electron chi connectivity index (χ3n) is 4.75. The van der Waals surface area contributed by atoms with Crippen molar-refractivity contribution in [3.05, 3.63) is 23.7 Å². The molecule has 1 nitrogen and oxygen atoms in total. The van der Waals surface area contributed by atoms with E-state index in [4.69, 9.17) is 4.74 Å². The standard InChI is InChI=1S/C18H27F2IO/c1-2-4-14-6-8-15(9-7-14)5-3-10-22-17-11-16(19)12-18(20,21)13-17/h11,13-15H,2-10,12H2,1H3. The highest BCUT2D eigenvalue weighted by Crippen LogP contribution is 2.37. The molecule has 2 aliphatic rings. The Kier molecular flexibility index (Phi) is 7.16. The first-order chi connectivity index (χ1) is 10.5. The SMILES string of the molecule is CCCC1CCC(CCCOC2=CC(F)(I)CC(F)=C2)CC1. The number of allylic oxidation sites excluding steroid dienone is 3. The minimum atomic E-state index is -1.65. The molecule has 1 saturated carbocycles. The summed E-state index contributed by atoms with van der Waals surface area (Å²) in [5.74, 6) is 1.66. The molecule has 1 atom stereocenters. The van der Waals surface area contributed by atoms with Gasteiger partial charge >= 0.3 is 0 Å². The van der Waals surface area contributed by atoms with Crippen molar-refractivity contribution in [1.29, 1.82) is 0 Å². The van der Waals surface area contributed by atoms with Gasteiger partial charge in [-0.2, -0.15) is 0 Å². The van der Waals surface area contributed by atoms with E-state index < -0.39 is 9.50 Å². The number of alkyl halides is 2. The van der Waals surface area contributed by atoms with Crippen LogP contribution in [0.2, 0.25) is 0 Å². The molecule has 0 saturated heterocycles. The van der Waals surface area contributed by atoms with E-state index in [2.05, 4.69) is 6.92 Å². The van der Waals surface area contributed by atoms with Gasteiger partial charge in [0.1, 0.15) is 11.6 Å². The number of halogens is 3. The Morgan fingerprint density at radius 1 is 1.23 bits per heavy atom. The fraction of sp³-hybridized carbons (Fsp3) is 0.778. The lowest BCUT2D eigenvalue weighted by Crippen LogP contribution is -2.16. The van der Waals surface area contributed by atoms with E-state index in [1.54, 1.807) is 22.6 Å². The zero-order valence-corrected chi connectivity index (χ0v) is 15.6. The summed E-state index contributed by atoms with van der Waals surface area (Å²) in [6, 6.07) is 0. The normalized spacial score (nSPS) is 32.4. The quantitative estimate of drug-likeness (QED) is 0.253. The molecule has 2 aliphatic carbocycles. The molecule has 1 fully saturated rings. The molecule has 0 heterocycles. The van der Waals surface area contributed by atoms with E-state index in [1.807, 2.05) is 0 Å². The first kappa shape index (κ1) is 18.2. The van der Waals surface area contributed by atoms with Crippen molar-refractivity contribution in [2.24, 2.45) is 11.8 Å². The van der Waals surface area contributed by atoms with Crippen LogP contribution in [-0.2, 0) is 4.74 Å². The van der Waals surface area contributed by atoms with E-state index in [-0.39, 0.29) is 6.42 Å². The van der Waals surface area contributed by atoms with E-state index in [0.29, 0.717) is 12.4 Å². The lowest BCUT2D eigenvalue weighted by atomic mass is 9.78. The zero-order chi connectivity index (χ0) is 16.0. The van der Waals surface area contributed by atoms with Crippen LogP contribution < -0.4 is 0 Å². The second-order valence-corrected chi connectivity index (χ2v) is 8.54. The Bertz CT molecular complexity index is 409. The van der Waals surface area contributed by atoms with Crippen LogP contribution in [0.4, 0.5) is 8.78 Å². The predicted molar refractivity (Wildman–Crippen MR) is 95.3 cm³/mol. The summed E-state index contributed by atoms with van der Waals surface area (Å²) in [6.45, 7) is 2.82. The molecule has 126 valence electrons. The fourth-order valence-electron chi connectivity index (χ4n) is 3.59. The molecule has 0 amide bonds. The highest BCUT2D eigenvalue weighted by Gasteiger charge is 2.29. The smallest absolute Gasteiger partial charge is 0.189 e. The predicted octanol–water partition coefficient (Wildman–Crippen LogP) is 6.63. The average Bonchev–Trinajstić information content (AvgIpc) is 2.43. The van der Waals surface area contributed by atoms with Gasteiger partial charge in [0.15, 0.2) is 3.68 Å². The van der Waals surface area contributed by atoms with Gasteiger partial charge in [-0.3, -0.25) is 0 Å². The molecule has 2 rings (SSSR count). The van der Waals surface area contributed by atoms with Crippen LogP contribution in [-0.4, -0.2) is 10.3 Å². The van der Waals surface area contributed by atoms with Gasteiger partial charge in [-0.05, 0) is 47.3 Å². The average molecular weight is 424 g/mol. The number of ether oxygens (including phenoxy) is 1. The van der Waals surface area contributed by atoms with E-state index >= 15 is 0 Å². The Balaban J connectivity index is 1.63. The third kappa shape index (κ3) is 6.17. The zero-order valence-electron chi connectivity index (χ0n) is 13.4. The fourth-order valence-corrected chi connectivity index (χ4v) is 4.27. The topological polar surface area (TPSA) is 9.23 Å². The molecular weight excluding hydrogens is 397 g/mol. The Morgan fingerprint density at radius 2 is 1.86 bits per heavy atom. The molecule has 0 N–H and O–H groups in total. The monoisotopic (exact) mass is 424 g/mol. The maximum Gasteiger partial charge on any atom is 0.189 e. The van der Waals surface area contributed by atoms with Gasteiger partial charge in [0.2, 0.25) is 0 Å². The number of rotatable bonds is 7. The Morgan fingerprint density at radius 3 is 2.45 bits per heavy atom. The Hall–Kier alpha value is -0.130. The van der Waals surface area contributed by atoms with E-state index in [0.717, 1.165) is 18.3 Å². The summed E-state index contributed by atoms with van der Waals surface area (Å²) in [6.07, 6.45) is 12.7. The molecule has 0 spiro atoms. The van der Waals surface area contributed by atoms with Gasteiger partial charge in [-0.25, -0.2) is 8.78 Å². The molecule has 1 unspecified atom stereocenters. The second kappa shape index (κ2) is 8.65.